The molecular formula is C19H21N5O2S. The summed E-state index contributed by atoms with van der Waals surface area (Å²) in [6.45, 7) is 5.23. The maximum absolute atomic E-state index is 13.1. The molecule has 1 saturated heterocycles. The number of hydrogen-bond donors (Lipinski definition) is 0. The van der Waals surface area contributed by atoms with E-state index < -0.39 is 6.10 Å². The molecule has 27 heavy (non-hydrogen) atoms. The van der Waals surface area contributed by atoms with Crippen molar-refractivity contribution in [3.8, 4) is 0 Å². The van der Waals surface area contributed by atoms with Crippen molar-refractivity contribution in [3.05, 3.63) is 45.9 Å². The van der Waals surface area contributed by atoms with E-state index in [1.807, 2.05) is 28.5 Å². The average molecular weight is 383 g/mol. The van der Waals surface area contributed by atoms with Crippen LogP contribution in [0.5, 0.6) is 0 Å². The van der Waals surface area contributed by atoms with Gasteiger partial charge in [0.2, 0.25) is 0 Å². The molecule has 0 aromatic carbocycles. The van der Waals surface area contributed by atoms with Crippen molar-refractivity contribution in [3.63, 3.8) is 0 Å². The Kier molecular flexibility index (Phi) is 4.09. The van der Waals surface area contributed by atoms with E-state index in [0.29, 0.717) is 19.7 Å². The summed E-state index contributed by atoms with van der Waals surface area (Å²) in [6, 6.07) is 6.04. The molecule has 5 rings (SSSR count). The molecule has 0 aliphatic carbocycles. The van der Waals surface area contributed by atoms with Crippen LogP contribution in [0.25, 0.3) is 5.65 Å². The highest BCUT2D eigenvalue weighted by Gasteiger charge is 2.33. The van der Waals surface area contributed by atoms with Gasteiger partial charge >= 0.3 is 0 Å². The molecule has 140 valence electrons. The van der Waals surface area contributed by atoms with Gasteiger partial charge in [0.1, 0.15) is 5.82 Å². The van der Waals surface area contributed by atoms with Crippen LogP contribution in [0.1, 0.15) is 16.1 Å². The van der Waals surface area contributed by atoms with Crippen molar-refractivity contribution in [2.45, 2.75) is 26.0 Å². The number of morpholine rings is 1. The van der Waals surface area contributed by atoms with Gasteiger partial charge in [-0.2, -0.15) is 9.61 Å². The Morgan fingerprint density at radius 1 is 1.33 bits per heavy atom. The predicted octanol–water partition coefficient (Wildman–Crippen LogP) is 1.89. The van der Waals surface area contributed by atoms with Crippen molar-refractivity contribution in [1.29, 1.82) is 0 Å². The quantitative estimate of drug-likeness (QED) is 0.676. The number of carbonyl (C=O) groups is 1. The smallest absolute Gasteiger partial charge is 0.253 e. The molecule has 1 atom stereocenters. The first-order chi connectivity index (χ1) is 13.2. The topological polar surface area (TPSA) is 63.0 Å². The predicted molar refractivity (Wildman–Crippen MR) is 103 cm³/mol. The highest BCUT2D eigenvalue weighted by Crippen LogP contribution is 2.26. The first kappa shape index (κ1) is 16.7. The van der Waals surface area contributed by atoms with Gasteiger partial charge in [0.05, 0.1) is 19.3 Å². The summed E-state index contributed by atoms with van der Waals surface area (Å²) >= 11 is 1.78. The summed E-state index contributed by atoms with van der Waals surface area (Å²) in [5.74, 6) is 1.04. The first-order valence-electron chi connectivity index (χ1n) is 9.21. The summed E-state index contributed by atoms with van der Waals surface area (Å²) in [4.78, 5) is 23.1. The minimum Gasteiger partial charge on any atom is -0.365 e. The largest absolute Gasteiger partial charge is 0.365 e. The Bertz CT molecular complexity index is 997. The van der Waals surface area contributed by atoms with Crippen LogP contribution in [0.2, 0.25) is 0 Å². The highest BCUT2D eigenvalue weighted by atomic mass is 32.1. The number of amides is 1. The van der Waals surface area contributed by atoms with E-state index in [0.717, 1.165) is 36.7 Å². The standard InChI is InChI=1S/C19H21N5O2S/c1-13-10-18(24-17(21-13)2-5-20-24)22-7-8-26-15(12-22)19(25)23-6-3-16-14(11-23)4-9-27-16/h2,4-5,9-10,15H,3,6-8,11-12H2,1H3. The fraction of sp³-hybridized carbons (Fsp3) is 0.421. The summed E-state index contributed by atoms with van der Waals surface area (Å²) in [6.07, 6.45) is 2.24. The molecule has 0 saturated carbocycles. The molecule has 1 unspecified atom stereocenters. The molecule has 1 fully saturated rings. The fourth-order valence-electron chi connectivity index (χ4n) is 3.89. The van der Waals surface area contributed by atoms with Gasteiger partial charge in [-0.25, -0.2) is 4.98 Å². The van der Waals surface area contributed by atoms with Crippen molar-refractivity contribution in [2.24, 2.45) is 0 Å². The second-order valence-electron chi connectivity index (χ2n) is 7.04. The maximum Gasteiger partial charge on any atom is 0.253 e. The first-order valence-corrected chi connectivity index (χ1v) is 10.1. The fourth-order valence-corrected chi connectivity index (χ4v) is 4.78. The minimum atomic E-state index is -0.446. The molecule has 2 aliphatic rings. The van der Waals surface area contributed by atoms with Gasteiger partial charge in [0.25, 0.3) is 5.91 Å². The summed E-state index contributed by atoms with van der Waals surface area (Å²) < 4.78 is 7.69. The SMILES string of the molecule is Cc1cc(N2CCOC(C(=O)N3CCc4sccc4C3)C2)n2nccc2n1. The third-order valence-corrected chi connectivity index (χ3v) is 6.28. The molecule has 0 bridgehead atoms. The average Bonchev–Trinajstić information content (AvgIpc) is 3.35. The normalized spacial score (nSPS) is 20.1. The number of aromatic nitrogens is 3. The van der Waals surface area contributed by atoms with Crippen molar-refractivity contribution < 1.29 is 9.53 Å². The molecule has 3 aromatic rings. The Hall–Kier alpha value is -2.45. The zero-order valence-electron chi connectivity index (χ0n) is 15.2. The van der Waals surface area contributed by atoms with Gasteiger partial charge < -0.3 is 14.5 Å². The third-order valence-electron chi connectivity index (χ3n) is 5.25. The van der Waals surface area contributed by atoms with E-state index in [-0.39, 0.29) is 5.91 Å². The Balaban J connectivity index is 1.36. The molecule has 0 spiro atoms. The van der Waals surface area contributed by atoms with E-state index in [2.05, 4.69) is 26.4 Å². The number of aryl methyl sites for hydroxylation is 1. The number of rotatable bonds is 2. The number of nitrogens with zero attached hydrogens (tertiary/aromatic N) is 5. The molecule has 5 heterocycles. The van der Waals surface area contributed by atoms with Crippen LogP contribution in [0.3, 0.4) is 0 Å². The molecular weight excluding hydrogens is 362 g/mol. The van der Waals surface area contributed by atoms with Crippen molar-refractivity contribution in [2.75, 3.05) is 31.1 Å². The lowest BCUT2D eigenvalue weighted by Crippen LogP contribution is -2.52. The number of hydrogen-bond acceptors (Lipinski definition) is 6. The monoisotopic (exact) mass is 383 g/mol. The molecule has 8 heteroatoms. The van der Waals surface area contributed by atoms with Gasteiger partial charge in [0.15, 0.2) is 11.8 Å². The molecule has 7 nitrogen and oxygen atoms in total. The van der Waals surface area contributed by atoms with Gasteiger partial charge in [-0.3, -0.25) is 4.79 Å². The molecule has 3 aromatic heterocycles. The Labute approximate surface area is 161 Å². The van der Waals surface area contributed by atoms with Crippen LogP contribution in [0.4, 0.5) is 5.82 Å². The van der Waals surface area contributed by atoms with Crippen LogP contribution in [0, 0.1) is 6.92 Å². The van der Waals surface area contributed by atoms with Crippen LogP contribution >= 0.6 is 11.3 Å². The van der Waals surface area contributed by atoms with Gasteiger partial charge in [-0.15, -0.1) is 11.3 Å². The Morgan fingerprint density at radius 3 is 3.19 bits per heavy atom. The van der Waals surface area contributed by atoms with Gasteiger partial charge in [-0.05, 0) is 30.4 Å². The molecule has 0 N–H and O–H groups in total. The van der Waals surface area contributed by atoms with Crippen LogP contribution < -0.4 is 4.90 Å². The number of ether oxygens (including phenoxy) is 1. The second kappa shape index (κ2) is 6.61. The van der Waals surface area contributed by atoms with E-state index in [9.17, 15) is 4.79 Å². The van der Waals surface area contributed by atoms with E-state index in [1.165, 1.54) is 10.4 Å². The van der Waals surface area contributed by atoms with Gasteiger partial charge in [-0.1, -0.05) is 0 Å². The summed E-state index contributed by atoms with van der Waals surface area (Å²) in [5, 5.41) is 6.50. The van der Waals surface area contributed by atoms with E-state index >= 15 is 0 Å². The van der Waals surface area contributed by atoms with E-state index in [1.54, 1.807) is 17.5 Å². The zero-order chi connectivity index (χ0) is 18.4. The number of carbonyl (C=O) groups excluding carboxylic acids is 1. The lowest BCUT2D eigenvalue weighted by Gasteiger charge is -2.37. The second-order valence-corrected chi connectivity index (χ2v) is 8.04. The summed E-state index contributed by atoms with van der Waals surface area (Å²) in [7, 11) is 0. The highest BCUT2D eigenvalue weighted by molar-refractivity contribution is 7.10. The Morgan fingerprint density at radius 2 is 2.26 bits per heavy atom. The van der Waals surface area contributed by atoms with Crippen LogP contribution in [-0.2, 0) is 22.5 Å². The lowest BCUT2D eigenvalue weighted by atomic mass is 10.1. The van der Waals surface area contributed by atoms with Gasteiger partial charge in [0, 0.05) is 42.3 Å². The minimum absolute atomic E-state index is 0.0824. The molecule has 0 radical (unpaired) electrons. The van der Waals surface area contributed by atoms with Crippen molar-refractivity contribution >= 4 is 28.7 Å². The number of thiophene rings is 1. The van der Waals surface area contributed by atoms with Crippen molar-refractivity contribution in [1.82, 2.24) is 19.5 Å². The van der Waals surface area contributed by atoms with Crippen LogP contribution in [-0.4, -0.2) is 57.8 Å². The molecule has 1 amide bonds. The van der Waals surface area contributed by atoms with E-state index in [4.69, 9.17) is 4.74 Å². The van der Waals surface area contributed by atoms with Crippen LogP contribution in [0.15, 0.2) is 29.8 Å². The third kappa shape index (κ3) is 2.98. The molecule has 2 aliphatic heterocycles. The number of fused-ring (bicyclic) bond motifs is 2. The number of anilines is 1. The zero-order valence-corrected chi connectivity index (χ0v) is 16.0. The lowest BCUT2D eigenvalue weighted by molar-refractivity contribution is -0.145. The summed E-state index contributed by atoms with van der Waals surface area (Å²) in [5.41, 5.74) is 3.03. The maximum atomic E-state index is 13.1.